The third kappa shape index (κ3) is 2.36. The van der Waals surface area contributed by atoms with Gasteiger partial charge in [0.15, 0.2) is 0 Å². The maximum absolute atomic E-state index is 6.01. The second-order valence-electron chi connectivity index (χ2n) is 4.04. The van der Waals surface area contributed by atoms with Crippen LogP contribution in [0.4, 0.5) is 11.4 Å². The van der Waals surface area contributed by atoms with E-state index in [9.17, 15) is 0 Å². The van der Waals surface area contributed by atoms with Crippen LogP contribution in [-0.2, 0) is 6.42 Å². The molecule has 0 aliphatic heterocycles. The fraction of sp³-hybridized carbons (Fsp3) is 0.231. The topological polar surface area (TPSA) is 29.3 Å². The maximum Gasteiger partial charge on any atom is 0.0594 e. The van der Waals surface area contributed by atoms with Crippen LogP contribution in [0.3, 0.4) is 0 Å². The van der Waals surface area contributed by atoms with Gasteiger partial charge in [-0.15, -0.1) is 11.3 Å². The van der Waals surface area contributed by atoms with Crippen LogP contribution >= 0.6 is 11.3 Å². The molecule has 0 unspecified atom stereocenters. The zero-order valence-corrected chi connectivity index (χ0v) is 10.4. The van der Waals surface area contributed by atoms with Gasteiger partial charge in [-0.25, -0.2) is 0 Å². The molecule has 3 heteroatoms. The summed E-state index contributed by atoms with van der Waals surface area (Å²) in [5, 5.41) is 2.10. The van der Waals surface area contributed by atoms with Gasteiger partial charge in [-0.3, -0.25) is 0 Å². The average Bonchev–Trinajstić information content (AvgIpc) is 2.70. The van der Waals surface area contributed by atoms with Crippen LogP contribution in [0.5, 0.6) is 0 Å². The van der Waals surface area contributed by atoms with Gasteiger partial charge in [0.2, 0.25) is 0 Å². The van der Waals surface area contributed by atoms with Crippen molar-refractivity contribution in [3.8, 4) is 0 Å². The summed E-state index contributed by atoms with van der Waals surface area (Å²) >= 11 is 1.78. The summed E-state index contributed by atoms with van der Waals surface area (Å²) < 4.78 is 0. The smallest absolute Gasteiger partial charge is 0.0594 e. The van der Waals surface area contributed by atoms with E-state index in [1.54, 1.807) is 11.3 Å². The Morgan fingerprint density at radius 3 is 2.62 bits per heavy atom. The van der Waals surface area contributed by atoms with Crippen LogP contribution in [0.1, 0.15) is 10.4 Å². The molecule has 16 heavy (non-hydrogen) atoms. The number of hydrogen-bond acceptors (Lipinski definition) is 3. The first-order chi connectivity index (χ1) is 7.66. The predicted molar refractivity (Wildman–Crippen MR) is 72.3 cm³/mol. The van der Waals surface area contributed by atoms with Gasteiger partial charge < -0.3 is 10.6 Å². The standard InChI is InChI=1S/C13H16N2S/c1-15(2)13-6-5-10(9-12(13)14)8-11-4-3-7-16-11/h3-7,9H,8,14H2,1-2H3. The van der Waals surface area contributed by atoms with Crippen molar-refractivity contribution in [3.05, 3.63) is 46.2 Å². The highest BCUT2D eigenvalue weighted by atomic mass is 32.1. The van der Waals surface area contributed by atoms with E-state index in [1.807, 2.05) is 19.0 Å². The van der Waals surface area contributed by atoms with Crippen molar-refractivity contribution >= 4 is 22.7 Å². The number of thiophene rings is 1. The second-order valence-corrected chi connectivity index (χ2v) is 5.08. The Labute approximate surface area is 100 Å². The normalized spacial score (nSPS) is 10.4. The first-order valence-corrected chi connectivity index (χ1v) is 6.13. The van der Waals surface area contributed by atoms with Gasteiger partial charge in [0.1, 0.15) is 0 Å². The Morgan fingerprint density at radius 2 is 2.06 bits per heavy atom. The van der Waals surface area contributed by atoms with Crippen LogP contribution in [0.25, 0.3) is 0 Å². The van der Waals surface area contributed by atoms with Crippen molar-refractivity contribution in [2.24, 2.45) is 0 Å². The fourth-order valence-electron chi connectivity index (χ4n) is 1.74. The molecule has 2 nitrogen and oxygen atoms in total. The van der Waals surface area contributed by atoms with Crippen molar-refractivity contribution in [1.29, 1.82) is 0 Å². The minimum absolute atomic E-state index is 0.846. The lowest BCUT2D eigenvalue weighted by molar-refractivity contribution is 1.13. The molecule has 0 saturated heterocycles. The molecule has 2 rings (SSSR count). The van der Waals surface area contributed by atoms with E-state index < -0.39 is 0 Å². The third-order valence-corrected chi connectivity index (χ3v) is 3.41. The van der Waals surface area contributed by atoms with Crippen LogP contribution < -0.4 is 10.6 Å². The van der Waals surface area contributed by atoms with Crippen molar-refractivity contribution in [3.63, 3.8) is 0 Å². The van der Waals surface area contributed by atoms with Crippen LogP contribution in [0.2, 0.25) is 0 Å². The number of hydrogen-bond donors (Lipinski definition) is 1. The third-order valence-electron chi connectivity index (χ3n) is 2.53. The van der Waals surface area contributed by atoms with E-state index in [2.05, 4.69) is 35.7 Å². The van der Waals surface area contributed by atoms with Crippen molar-refractivity contribution in [1.82, 2.24) is 0 Å². The highest BCUT2D eigenvalue weighted by molar-refractivity contribution is 7.09. The molecule has 2 aromatic rings. The fourth-order valence-corrected chi connectivity index (χ4v) is 2.47. The van der Waals surface area contributed by atoms with Crippen LogP contribution in [-0.4, -0.2) is 14.1 Å². The lowest BCUT2D eigenvalue weighted by Crippen LogP contribution is -2.11. The first-order valence-electron chi connectivity index (χ1n) is 5.25. The monoisotopic (exact) mass is 232 g/mol. The van der Waals surface area contributed by atoms with Gasteiger partial charge in [0, 0.05) is 25.4 Å². The maximum atomic E-state index is 6.01. The molecule has 0 amide bonds. The minimum Gasteiger partial charge on any atom is -0.397 e. The lowest BCUT2D eigenvalue weighted by atomic mass is 10.1. The molecule has 2 N–H and O–H groups in total. The Kier molecular flexibility index (Phi) is 3.15. The van der Waals surface area contributed by atoms with Gasteiger partial charge in [0.05, 0.1) is 11.4 Å². The Bertz CT molecular complexity index is 461. The lowest BCUT2D eigenvalue weighted by Gasteiger charge is -2.15. The molecule has 0 aliphatic rings. The summed E-state index contributed by atoms with van der Waals surface area (Å²) in [6, 6.07) is 10.5. The SMILES string of the molecule is CN(C)c1ccc(Cc2cccs2)cc1N. The highest BCUT2D eigenvalue weighted by Gasteiger charge is 2.03. The predicted octanol–water partition coefficient (Wildman–Crippen LogP) is 2.99. The van der Waals surface area contributed by atoms with Gasteiger partial charge in [-0.2, -0.15) is 0 Å². The van der Waals surface area contributed by atoms with E-state index in [-0.39, 0.29) is 0 Å². The van der Waals surface area contributed by atoms with Gasteiger partial charge >= 0.3 is 0 Å². The first kappa shape index (κ1) is 11.0. The number of benzene rings is 1. The Morgan fingerprint density at radius 1 is 1.25 bits per heavy atom. The highest BCUT2D eigenvalue weighted by Crippen LogP contribution is 2.24. The molecular formula is C13H16N2S. The molecular weight excluding hydrogens is 216 g/mol. The summed E-state index contributed by atoms with van der Waals surface area (Å²) in [6.07, 6.45) is 0.968. The van der Waals surface area contributed by atoms with E-state index in [0.717, 1.165) is 17.8 Å². The van der Waals surface area contributed by atoms with Crippen molar-refractivity contribution < 1.29 is 0 Å². The molecule has 1 aromatic carbocycles. The van der Waals surface area contributed by atoms with E-state index in [4.69, 9.17) is 5.73 Å². The summed E-state index contributed by atoms with van der Waals surface area (Å²) in [4.78, 5) is 3.40. The molecule has 0 radical (unpaired) electrons. The zero-order valence-electron chi connectivity index (χ0n) is 9.60. The summed E-state index contributed by atoms with van der Waals surface area (Å²) in [6.45, 7) is 0. The second kappa shape index (κ2) is 4.58. The van der Waals surface area contributed by atoms with Crippen molar-refractivity contribution in [2.75, 3.05) is 24.7 Å². The molecule has 84 valence electrons. The molecule has 0 bridgehead atoms. The Hall–Kier alpha value is -1.48. The molecule has 1 heterocycles. The largest absolute Gasteiger partial charge is 0.397 e. The quantitative estimate of drug-likeness (QED) is 0.824. The molecule has 0 spiro atoms. The van der Waals surface area contributed by atoms with Gasteiger partial charge in [-0.1, -0.05) is 12.1 Å². The van der Waals surface area contributed by atoms with E-state index in [0.29, 0.717) is 0 Å². The molecule has 1 aromatic heterocycles. The summed E-state index contributed by atoms with van der Waals surface area (Å²) in [7, 11) is 4.01. The minimum atomic E-state index is 0.846. The summed E-state index contributed by atoms with van der Waals surface area (Å²) in [5.41, 5.74) is 9.21. The average molecular weight is 232 g/mol. The number of nitrogens with zero attached hydrogens (tertiary/aromatic N) is 1. The van der Waals surface area contributed by atoms with Crippen LogP contribution in [0.15, 0.2) is 35.7 Å². The number of rotatable bonds is 3. The van der Waals surface area contributed by atoms with Gasteiger partial charge in [-0.05, 0) is 29.1 Å². The number of nitrogens with two attached hydrogens (primary N) is 1. The van der Waals surface area contributed by atoms with E-state index in [1.165, 1.54) is 10.4 Å². The van der Waals surface area contributed by atoms with Crippen molar-refractivity contribution in [2.45, 2.75) is 6.42 Å². The zero-order chi connectivity index (χ0) is 11.5. The number of anilines is 2. The van der Waals surface area contributed by atoms with Crippen LogP contribution in [0, 0.1) is 0 Å². The Balaban J connectivity index is 2.21. The molecule has 0 aliphatic carbocycles. The molecule has 0 fully saturated rings. The molecule has 0 atom stereocenters. The molecule has 0 saturated carbocycles. The number of nitrogen functional groups attached to an aromatic ring is 1. The van der Waals surface area contributed by atoms with Gasteiger partial charge in [0.25, 0.3) is 0 Å². The summed E-state index contributed by atoms with van der Waals surface area (Å²) in [5.74, 6) is 0. The van der Waals surface area contributed by atoms with E-state index >= 15 is 0 Å².